The van der Waals surface area contributed by atoms with Crippen molar-refractivity contribution < 1.29 is 4.42 Å². The first kappa shape index (κ1) is 8.31. The number of furan rings is 1. The van der Waals surface area contributed by atoms with Crippen molar-refractivity contribution in [2.24, 2.45) is 0 Å². The number of nitrogens with two attached hydrogens (primary N) is 1. The van der Waals surface area contributed by atoms with E-state index in [9.17, 15) is 0 Å². The molecule has 0 radical (unpaired) electrons. The maximum Gasteiger partial charge on any atom is 0.124 e. The molecule has 3 nitrogen and oxygen atoms in total. The summed E-state index contributed by atoms with van der Waals surface area (Å²) in [5.74, 6) is 0.499. The zero-order valence-electron chi connectivity index (χ0n) is 6.70. The first-order valence-corrected chi connectivity index (χ1v) is 4.50. The highest BCUT2D eigenvalue weighted by atomic mass is 79.9. The predicted octanol–water partition coefficient (Wildman–Crippen LogP) is 2.69. The van der Waals surface area contributed by atoms with Crippen molar-refractivity contribution in [1.29, 1.82) is 0 Å². The Bertz CT molecular complexity index is 412. The maximum absolute atomic E-state index is 5.52. The van der Waals surface area contributed by atoms with Crippen LogP contribution in [-0.2, 0) is 0 Å². The number of pyridine rings is 1. The highest BCUT2D eigenvalue weighted by Crippen LogP contribution is 2.28. The Hall–Kier alpha value is -1.29. The summed E-state index contributed by atoms with van der Waals surface area (Å²) >= 11 is 3.41. The van der Waals surface area contributed by atoms with Crippen LogP contribution in [0.15, 0.2) is 39.7 Å². The van der Waals surface area contributed by atoms with Gasteiger partial charge in [-0.3, -0.25) is 0 Å². The Morgan fingerprint density at radius 1 is 1.46 bits per heavy atom. The van der Waals surface area contributed by atoms with E-state index in [0.717, 1.165) is 15.6 Å². The van der Waals surface area contributed by atoms with Gasteiger partial charge in [0.2, 0.25) is 0 Å². The molecule has 2 heterocycles. The lowest BCUT2D eigenvalue weighted by atomic mass is 10.1. The van der Waals surface area contributed by atoms with Crippen LogP contribution >= 0.6 is 15.9 Å². The highest BCUT2D eigenvalue weighted by Gasteiger charge is 2.04. The molecule has 13 heavy (non-hydrogen) atoms. The largest absolute Gasteiger partial charge is 0.472 e. The molecule has 0 fully saturated rings. The van der Waals surface area contributed by atoms with E-state index >= 15 is 0 Å². The zero-order chi connectivity index (χ0) is 9.26. The molecule has 2 N–H and O–H groups in total. The molecule has 0 bridgehead atoms. The third kappa shape index (κ3) is 1.58. The zero-order valence-corrected chi connectivity index (χ0v) is 8.28. The summed E-state index contributed by atoms with van der Waals surface area (Å²) in [5.41, 5.74) is 7.48. The van der Waals surface area contributed by atoms with E-state index in [1.807, 2.05) is 6.07 Å². The number of aromatic nitrogens is 1. The smallest absolute Gasteiger partial charge is 0.124 e. The summed E-state index contributed by atoms with van der Waals surface area (Å²) in [5, 5.41) is 0. The molecule has 0 saturated carbocycles. The topological polar surface area (TPSA) is 52.0 Å². The number of hydrogen-bond acceptors (Lipinski definition) is 3. The molecule has 4 heteroatoms. The van der Waals surface area contributed by atoms with Crippen LogP contribution in [0.1, 0.15) is 0 Å². The first-order chi connectivity index (χ1) is 6.27. The van der Waals surface area contributed by atoms with Gasteiger partial charge < -0.3 is 10.2 Å². The lowest BCUT2D eigenvalue weighted by molar-refractivity contribution is 0.568. The van der Waals surface area contributed by atoms with E-state index in [1.54, 1.807) is 24.8 Å². The summed E-state index contributed by atoms with van der Waals surface area (Å²) in [6.07, 6.45) is 5.00. The van der Waals surface area contributed by atoms with Gasteiger partial charge in [-0.25, -0.2) is 4.98 Å². The van der Waals surface area contributed by atoms with Crippen LogP contribution < -0.4 is 5.73 Å². The van der Waals surface area contributed by atoms with Gasteiger partial charge in [-0.2, -0.15) is 0 Å². The van der Waals surface area contributed by atoms with Crippen LogP contribution in [0, 0.1) is 0 Å². The summed E-state index contributed by atoms with van der Waals surface area (Å²) in [4.78, 5) is 4.00. The van der Waals surface area contributed by atoms with Crippen LogP contribution in [0.4, 0.5) is 5.82 Å². The molecule has 2 aromatic heterocycles. The molecule has 0 aliphatic heterocycles. The standard InChI is InChI=1S/C9H7BrN2O/c10-8-3-9(11)12-4-7(8)6-1-2-13-5-6/h1-5H,(H2,11,12). The Morgan fingerprint density at radius 3 is 2.92 bits per heavy atom. The van der Waals surface area contributed by atoms with Gasteiger partial charge in [-0.05, 0) is 28.1 Å². The highest BCUT2D eigenvalue weighted by molar-refractivity contribution is 9.10. The van der Waals surface area contributed by atoms with Crippen molar-refractivity contribution >= 4 is 21.7 Å². The van der Waals surface area contributed by atoms with Gasteiger partial charge in [-0.15, -0.1) is 0 Å². The maximum atomic E-state index is 5.52. The van der Waals surface area contributed by atoms with Gasteiger partial charge in [0.1, 0.15) is 5.82 Å². The van der Waals surface area contributed by atoms with E-state index < -0.39 is 0 Å². The fraction of sp³-hybridized carbons (Fsp3) is 0. The Kier molecular flexibility index (Phi) is 2.06. The van der Waals surface area contributed by atoms with Crippen molar-refractivity contribution in [3.05, 3.63) is 35.3 Å². The second kappa shape index (κ2) is 3.22. The molecule has 0 aliphatic rings. The van der Waals surface area contributed by atoms with Crippen molar-refractivity contribution in [2.75, 3.05) is 5.73 Å². The minimum atomic E-state index is 0.499. The molecule has 0 atom stereocenters. The van der Waals surface area contributed by atoms with E-state index in [-0.39, 0.29) is 0 Å². The fourth-order valence-corrected chi connectivity index (χ4v) is 1.64. The molecule has 0 amide bonds. The SMILES string of the molecule is Nc1cc(Br)c(-c2ccoc2)cn1. The number of halogens is 1. The van der Waals surface area contributed by atoms with Crippen molar-refractivity contribution in [1.82, 2.24) is 4.98 Å². The number of nitrogen functional groups attached to an aromatic ring is 1. The Labute approximate surface area is 83.7 Å². The van der Waals surface area contributed by atoms with Crippen LogP contribution in [0.2, 0.25) is 0 Å². The third-order valence-electron chi connectivity index (χ3n) is 1.71. The fourth-order valence-electron chi connectivity index (χ4n) is 1.08. The second-order valence-corrected chi connectivity index (χ2v) is 3.46. The van der Waals surface area contributed by atoms with Crippen LogP contribution in [0.3, 0.4) is 0 Å². The number of nitrogens with zero attached hydrogens (tertiary/aromatic N) is 1. The van der Waals surface area contributed by atoms with E-state index in [0.29, 0.717) is 5.82 Å². The average Bonchev–Trinajstić information content (AvgIpc) is 2.56. The van der Waals surface area contributed by atoms with Gasteiger partial charge in [0, 0.05) is 21.8 Å². The average molecular weight is 239 g/mol. The molecule has 0 aromatic carbocycles. The van der Waals surface area contributed by atoms with E-state index in [4.69, 9.17) is 10.2 Å². The van der Waals surface area contributed by atoms with Crippen LogP contribution in [0.5, 0.6) is 0 Å². The van der Waals surface area contributed by atoms with E-state index in [1.165, 1.54) is 0 Å². The number of hydrogen-bond donors (Lipinski definition) is 1. The van der Waals surface area contributed by atoms with E-state index in [2.05, 4.69) is 20.9 Å². The first-order valence-electron chi connectivity index (χ1n) is 3.71. The molecule has 2 aromatic rings. The predicted molar refractivity (Wildman–Crippen MR) is 54.1 cm³/mol. The molecule has 2 rings (SSSR count). The second-order valence-electron chi connectivity index (χ2n) is 2.60. The van der Waals surface area contributed by atoms with Gasteiger partial charge in [0.25, 0.3) is 0 Å². The van der Waals surface area contributed by atoms with Crippen LogP contribution in [0.25, 0.3) is 11.1 Å². The molecule has 0 spiro atoms. The number of rotatable bonds is 1. The number of anilines is 1. The molecule has 66 valence electrons. The van der Waals surface area contributed by atoms with Gasteiger partial charge in [0.05, 0.1) is 12.5 Å². The summed E-state index contributed by atoms with van der Waals surface area (Å²) < 4.78 is 5.89. The van der Waals surface area contributed by atoms with Crippen molar-refractivity contribution in [2.45, 2.75) is 0 Å². The minimum Gasteiger partial charge on any atom is -0.472 e. The summed E-state index contributed by atoms with van der Waals surface area (Å²) in [6.45, 7) is 0. The third-order valence-corrected chi connectivity index (χ3v) is 2.36. The lowest BCUT2D eigenvalue weighted by Crippen LogP contribution is -1.89. The van der Waals surface area contributed by atoms with Crippen LogP contribution in [-0.4, -0.2) is 4.98 Å². The Balaban J connectivity index is 2.53. The van der Waals surface area contributed by atoms with Gasteiger partial charge in [-0.1, -0.05) is 0 Å². The molecular weight excluding hydrogens is 232 g/mol. The minimum absolute atomic E-state index is 0.499. The molecular formula is C9H7BrN2O. The van der Waals surface area contributed by atoms with Gasteiger partial charge in [0.15, 0.2) is 0 Å². The summed E-state index contributed by atoms with van der Waals surface area (Å²) in [7, 11) is 0. The van der Waals surface area contributed by atoms with Crippen molar-refractivity contribution in [3.8, 4) is 11.1 Å². The molecule has 0 aliphatic carbocycles. The monoisotopic (exact) mass is 238 g/mol. The summed E-state index contributed by atoms with van der Waals surface area (Å²) in [6, 6.07) is 3.64. The lowest BCUT2D eigenvalue weighted by Gasteiger charge is -2.00. The molecule has 0 saturated heterocycles. The van der Waals surface area contributed by atoms with Crippen molar-refractivity contribution in [3.63, 3.8) is 0 Å². The quantitative estimate of drug-likeness (QED) is 0.832. The van der Waals surface area contributed by atoms with Gasteiger partial charge >= 0.3 is 0 Å². The normalized spacial score (nSPS) is 10.2. The Morgan fingerprint density at radius 2 is 2.31 bits per heavy atom. The molecule has 0 unspecified atom stereocenters.